The number of phenolic OH excluding ortho intramolecular Hbond substituents is 1. The summed E-state index contributed by atoms with van der Waals surface area (Å²) in [4.78, 5) is 0. The van der Waals surface area contributed by atoms with Crippen LogP contribution in [0.2, 0.25) is 0 Å². The van der Waals surface area contributed by atoms with Crippen LogP contribution in [0.5, 0.6) is 5.75 Å². The van der Waals surface area contributed by atoms with Gasteiger partial charge in [0.2, 0.25) is 0 Å². The molecule has 1 heterocycles. The summed E-state index contributed by atoms with van der Waals surface area (Å²) in [7, 11) is 2.05. The van der Waals surface area contributed by atoms with Gasteiger partial charge in [-0.3, -0.25) is 0 Å². The van der Waals surface area contributed by atoms with Gasteiger partial charge in [-0.05, 0) is 23.3 Å². The minimum Gasteiger partial charge on any atom is -0.508 e. The average molecular weight is 299 g/mol. The Kier molecular flexibility index (Phi) is 3.16. The van der Waals surface area contributed by atoms with Crippen LogP contribution in [0.15, 0.2) is 78.9 Å². The first-order valence-corrected chi connectivity index (χ1v) is 7.68. The normalized spacial score (nSPS) is 11.0. The van der Waals surface area contributed by atoms with E-state index in [2.05, 4.69) is 60.1 Å². The Bertz CT molecular complexity index is 969. The monoisotopic (exact) mass is 299 g/mol. The number of benzene rings is 3. The van der Waals surface area contributed by atoms with E-state index in [9.17, 15) is 5.11 Å². The molecule has 0 aliphatic rings. The van der Waals surface area contributed by atoms with Gasteiger partial charge in [-0.1, -0.05) is 60.7 Å². The summed E-state index contributed by atoms with van der Waals surface area (Å²) < 4.78 is 2.16. The molecule has 0 aliphatic carbocycles. The van der Waals surface area contributed by atoms with Gasteiger partial charge in [-0.15, -0.1) is 0 Å². The molecule has 0 radical (unpaired) electrons. The van der Waals surface area contributed by atoms with Gasteiger partial charge < -0.3 is 9.67 Å². The molecule has 0 spiro atoms. The maximum absolute atomic E-state index is 9.88. The molecular weight excluding hydrogens is 282 g/mol. The zero-order valence-corrected chi connectivity index (χ0v) is 12.9. The smallest absolute Gasteiger partial charge is 0.117 e. The predicted molar refractivity (Wildman–Crippen MR) is 95.5 cm³/mol. The lowest BCUT2D eigenvalue weighted by Gasteiger charge is -2.08. The molecule has 4 rings (SSSR count). The van der Waals surface area contributed by atoms with Crippen LogP contribution < -0.4 is 0 Å². The number of nitrogens with zero attached hydrogens (tertiary/aromatic N) is 1. The van der Waals surface area contributed by atoms with Crippen molar-refractivity contribution in [2.75, 3.05) is 0 Å². The van der Waals surface area contributed by atoms with E-state index in [1.807, 2.05) is 24.3 Å². The molecule has 0 saturated heterocycles. The fourth-order valence-corrected chi connectivity index (χ4v) is 3.26. The molecule has 0 atom stereocenters. The first-order chi connectivity index (χ1) is 11.3. The largest absolute Gasteiger partial charge is 0.508 e. The summed E-state index contributed by atoms with van der Waals surface area (Å²) in [6, 6.07) is 26.4. The number of fused-ring (bicyclic) bond motifs is 1. The van der Waals surface area contributed by atoms with Crippen molar-refractivity contribution >= 4 is 10.9 Å². The zero-order chi connectivity index (χ0) is 15.8. The molecule has 0 saturated carbocycles. The predicted octanol–water partition coefficient (Wildman–Crippen LogP) is 5.22. The number of aromatic nitrogens is 1. The van der Waals surface area contributed by atoms with Crippen molar-refractivity contribution in [3.05, 3.63) is 78.9 Å². The Morgan fingerprint density at radius 3 is 2.00 bits per heavy atom. The van der Waals surface area contributed by atoms with E-state index in [1.165, 1.54) is 16.7 Å². The Labute approximate surface area is 135 Å². The molecule has 0 fully saturated rings. The fourth-order valence-electron chi connectivity index (χ4n) is 3.26. The van der Waals surface area contributed by atoms with E-state index in [4.69, 9.17) is 0 Å². The van der Waals surface area contributed by atoms with Crippen molar-refractivity contribution in [1.82, 2.24) is 4.57 Å². The second kappa shape index (κ2) is 5.33. The van der Waals surface area contributed by atoms with Crippen LogP contribution >= 0.6 is 0 Å². The van der Waals surface area contributed by atoms with E-state index in [0.717, 1.165) is 16.6 Å². The van der Waals surface area contributed by atoms with Crippen LogP contribution in [-0.4, -0.2) is 9.67 Å². The summed E-state index contributed by atoms with van der Waals surface area (Å²) in [5.74, 6) is 0.289. The van der Waals surface area contributed by atoms with Crippen LogP contribution in [0.3, 0.4) is 0 Å². The molecular formula is C21H17NO. The number of aryl methyl sites for hydroxylation is 1. The fraction of sp³-hybridized carbons (Fsp3) is 0.0476. The number of rotatable bonds is 2. The highest BCUT2D eigenvalue weighted by atomic mass is 16.3. The number of aromatic hydroxyl groups is 1. The van der Waals surface area contributed by atoms with Crippen molar-refractivity contribution in [2.45, 2.75) is 0 Å². The van der Waals surface area contributed by atoms with E-state index < -0.39 is 0 Å². The van der Waals surface area contributed by atoms with E-state index in [0.29, 0.717) is 0 Å². The molecule has 1 N–H and O–H groups in total. The van der Waals surface area contributed by atoms with Gasteiger partial charge in [0.25, 0.3) is 0 Å². The Morgan fingerprint density at radius 2 is 1.35 bits per heavy atom. The minimum atomic E-state index is 0.289. The van der Waals surface area contributed by atoms with E-state index in [1.54, 1.807) is 6.07 Å². The third-order valence-electron chi connectivity index (χ3n) is 4.29. The van der Waals surface area contributed by atoms with Crippen molar-refractivity contribution in [3.8, 4) is 28.1 Å². The van der Waals surface area contributed by atoms with Gasteiger partial charge >= 0.3 is 0 Å². The first kappa shape index (κ1) is 13.6. The van der Waals surface area contributed by atoms with Crippen LogP contribution in [0, 0.1) is 0 Å². The molecule has 112 valence electrons. The van der Waals surface area contributed by atoms with Crippen LogP contribution in [-0.2, 0) is 7.05 Å². The van der Waals surface area contributed by atoms with Gasteiger partial charge in [0.1, 0.15) is 5.75 Å². The molecule has 23 heavy (non-hydrogen) atoms. The molecule has 3 aromatic carbocycles. The molecule has 2 nitrogen and oxygen atoms in total. The van der Waals surface area contributed by atoms with Gasteiger partial charge in [-0.25, -0.2) is 0 Å². The highest BCUT2D eigenvalue weighted by molar-refractivity contribution is 6.04. The average Bonchev–Trinajstić information content (AvgIpc) is 2.89. The lowest BCUT2D eigenvalue weighted by molar-refractivity contribution is 0.476. The molecule has 1 aromatic heterocycles. The number of hydrogen-bond acceptors (Lipinski definition) is 1. The molecule has 0 amide bonds. The van der Waals surface area contributed by atoms with Crippen molar-refractivity contribution in [2.24, 2.45) is 7.05 Å². The Balaban J connectivity index is 2.14. The molecule has 2 heteroatoms. The summed E-state index contributed by atoms with van der Waals surface area (Å²) >= 11 is 0. The van der Waals surface area contributed by atoms with Crippen molar-refractivity contribution in [1.29, 1.82) is 0 Å². The van der Waals surface area contributed by atoms with Crippen LogP contribution in [0.4, 0.5) is 0 Å². The zero-order valence-electron chi connectivity index (χ0n) is 12.9. The summed E-state index contributed by atoms with van der Waals surface area (Å²) in [6.07, 6.45) is 0. The Morgan fingerprint density at radius 1 is 0.739 bits per heavy atom. The quantitative estimate of drug-likeness (QED) is 0.539. The van der Waals surface area contributed by atoms with Gasteiger partial charge in [0.15, 0.2) is 0 Å². The highest BCUT2D eigenvalue weighted by Gasteiger charge is 2.18. The second-order valence-electron chi connectivity index (χ2n) is 5.72. The third kappa shape index (κ3) is 2.20. The van der Waals surface area contributed by atoms with Gasteiger partial charge in [0.05, 0.1) is 11.2 Å². The lowest BCUT2D eigenvalue weighted by Crippen LogP contribution is -1.92. The van der Waals surface area contributed by atoms with Crippen LogP contribution in [0.1, 0.15) is 0 Å². The SMILES string of the molecule is Cn1c(-c2ccccc2)c(-c2ccccc2)c2ccc(O)cc21. The lowest BCUT2D eigenvalue weighted by atomic mass is 9.98. The van der Waals surface area contributed by atoms with Gasteiger partial charge in [0, 0.05) is 24.1 Å². The topological polar surface area (TPSA) is 25.2 Å². The number of phenols is 1. The molecule has 0 aliphatic heterocycles. The summed E-state index contributed by atoms with van der Waals surface area (Å²) in [5.41, 5.74) is 5.75. The first-order valence-electron chi connectivity index (χ1n) is 7.68. The standard InChI is InChI=1S/C21H17NO/c1-22-19-14-17(23)12-13-18(19)20(15-8-4-2-5-9-15)21(22)16-10-6-3-7-11-16/h2-14,23H,1H3. The van der Waals surface area contributed by atoms with E-state index >= 15 is 0 Å². The maximum Gasteiger partial charge on any atom is 0.117 e. The third-order valence-corrected chi connectivity index (χ3v) is 4.29. The minimum absolute atomic E-state index is 0.289. The van der Waals surface area contributed by atoms with Crippen molar-refractivity contribution in [3.63, 3.8) is 0 Å². The highest BCUT2D eigenvalue weighted by Crippen LogP contribution is 2.41. The maximum atomic E-state index is 9.88. The van der Waals surface area contributed by atoms with Crippen molar-refractivity contribution < 1.29 is 5.11 Å². The Hall–Kier alpha value is -3.00. The number of hydrogen-bond donors (Lipinski definition) is 1. The van der Waals surface area contributed by atoms with Gasteiger partial charge in [-0.2, -0.15) is 0 Å². The summed E-state index contributed by atoms with van der Waals surface area (Å²) in [6.45, 7) is 0. The molecule has 4 aromatic rings. The molecule has 0 bridgehead atoms. The van der Waals surface area contributed by atoms with E-state index in [-0.39, 0.29) is 5.75 Å². The second-order valence-corrected chi connectivity index (χ2v) is 5.72. The summed E-state index contributed by atoms with van der Waals surface area (Å²) in [5, 5.41) is 11.0. The van der Waals surface area contributed by atoms with Crippen LogP contribution in [0.25, 0.3) is 33.3 Å². The molecule has 0 unspecified atom stereocenters.